The van der Waals surface area contributed by atoms with Gasteiger partial charge < -0.3 is 14.2 Å². The summed E-state index contributed by atoms with van der Waals surface area (Å²) in [6.45, 7) is 6.12. The van der Waals surface area contributed by atoms with Crippen LogP contribution in [0.25, 0.3) is 0 Å². The second-order valence-electron chi connectivity index (χ2n) is 14.0. The summed E-state index contributed by atoms with van der Waals surface area (Å²) in [5.74, 6) is -1.04. The SMILES string of the molecule is CC\C=C/C=C\C=C/C=C\C=C\C=C/CCCCCC(=O)OCC(COC(=O)CCCC/C=C\C/C=C\CC)OC(=O)CCCCCC/C=C\C/C=C\C/C=C\CC. The number of hydrogen-bond acceptors (Lipinski definition) is 6. The molecule has 0 N–H and O–H groups in total. The highest BCUT2D eigenvalue weighted by molar-refractivity contribution is 5.71. The zero-order chi connectivity index (χ0) is 42.3. The van der Waals surface area contributed by atoms with E-state index < -0.39 is 6.10 Å². The summed E-state index contributed by atoms with van der Waals surface area (Å²) in [6, 6.07) is 0. The summed E-state index contributed by atoms with van der Waals surface area (Å²) >= 11 is 0. The van der Waals surface area contributed by atoms with Crippen molar-refractivity contribution >= 4 is 17.9 Å². The number of rotatable bonds is 37. The summed E-state index contributed by atoms with van der Waals surface area (Å²) < 4.78 is 16.6. The Morgan fingerprint density at radius 2 is 0.707 bits per heavy atom. The van der Waals surface area contributed by atoms with Gasteiger partial charge in [-0.05, 0) is 96.3 Å². The third-order valence-corrected chi connectivity index (χ3v) is 8.54. The highest BCUT2D eigenvalue weighted by Gasteiger charge is 2.19. The molecule has 0 aromatic rings. The predicted molar refractivity (Wildman–Crippen MR) is 246 cm³/mol. The lowest BCUT2D eigenvalue weighted by atomic mass is 10.1. The number of allylic oxidation sites excluding steroid dienone is 22. The molecule has 0 saturated carbocycles. The summed E-state index contributed by atoms with van der Waals surface area (Å²) in [5, 5.41) is 0. The Kier molecular flexibility index (Phi) is 41.8. The number of esters is 3. The second-order valence-corrected chi connectivity index (χ2v) is 14.0. The first kappa shape index (κ1) is 53.6. The minimum absolute atomic E-state index is 0.125. The average Bonchev–Trinajstić information content (AvgIpc) is 3.22. The van der Waals surface area contributed by atoms with Gasteiger partial charge >= 0.3 is 17.9 Å². The molecule has 0 heterocycles. The van der Waals surface area contributed by atoms with Crippen molar-refractivity contribution in [3.8, 4) is 0 Å². The fourth-order valence-corrected chi connectivity index (χ4v) is 5.29. The molecule has 0 aromatic carbocycles. The van der Waals surface area contributed by atoms with Gasteiger partial charge in [0, 0.05) is 19.3 Å². The van der Waals surface area contributed by atoms with Gasteiger partial charge in [-0.1, -0.05) is 174 Å². The van der Waals surface area contributed by atoms with Crippen molar-refractivity contribution in [3.05, 3.63) is 134 Å². The largest absolute Gasteiger partial charge is 0.462 e. The molecule has 58 heavy (non-hydrogen) atoms. The van der Waals surface area contributed by atoms with Crippen LogP contribution >= 0.6 is 0 Å². The van der Waals surface area contributed by atoms with E-state index in [9.17, 15) is 14.4 Å². The van der Waals surface area contributed by atoms with Gasteiger partial charge in [0.1, 0.15) is 13.2 Å². The smallest absolute Gasteiger partial charge is 0.306 e. The van der Waals surface area contributed by atoms with Crippen LogP contribution in [0.2, 0.25) is 0 Å². The fourth-order valence-electron chi connectivity index (χ4n) is 5.29. The van der Waals surface area contributed by atoms with Gasteiger partial charge in [-0.2, -0.15) is 0 Å². The summed E-state index contributed by atoms with van der Waals surface area (Å²) in [5.41, 5.74) is 0. The van der Waals surface area contributed by atoms with E-state index in [1.165, 1.54) is 0 Å². The van der Waals surface area contributed by atoms with Crippen LogP contribution in [0.1, 0.15) is 156 Å². The molecule has 0 aliphatic heterocycles. The van der Waals surface area contributed by atoms with Crippen LogP contribution in [0.4, 0.5) is 0 Å². The molecule has 0 fully saturated rings. The molecule has 0 radical (unpaired) electrons. The summed E-state index contributed by atoms with van der Waals surface area (Å²) in [6.07, 6.45) is 63.0. The van der Waals surface area contributed by atoms with Crippen LogP contribution in [0.3, 0.4) is 0 Å². The van der Waals surface area contributed by atoms with Crippen molar-refractivity contribution in [1.82, 2.24) is 0 Å². The van der Waals surface area contributed by atoms with Gasteiger partial charge in [0.2, 0.25) is 0 Å². The van der Waals surface area contributed by atoms with Crippen molar-refractivity contribution in [3.63, 3.8) is 0 Å². The Morgan fingerprint density at radius 3 is 1.21 bits per heavy atom. The van der Waals surface area contributed by atoms with E-state index in [0.717, 1.165) is 109 Å². The van der Waals surface area contributed by atoms with Gasteiger partial charge in [0.25, 0.3) is 0 Å². The fraction of sp³-hybridized carbons (Fsp3) is 0.519. The maximum Gasteiger partial charge on any atom is 0.306 e. The van der Waals surface area contributed by atoms with E-state index in [-0.39, 0.29) is 37.5 Å². The Labute approximate surface area is 354 Å². The van der Waals surface area contributed by atoms with Crippen molar-refractivity contribution in [2.24, 2.45) is 0 Å². The summed E-state index contributed by atoms with van der Waals surface area (Å²) in [7, 11) is 0. The molecule has 6 heteroatoms. The standard InChI is InChI=1S/C52H78O6/c1-4-7-10-13-16-19-21-23-25-26-27-29-30-33-36-39-42-45-51(54)57-48-49(47-56-50(53)44-41-38-35-32-18-15-12-9-6-3)58-52(55)46-43-40-37-34-31-28-24-22-20-17-14-11-8-5-2/h7-13,16-21,23-30,32,49H,4-6,14-15,22,31,33-48H2,1-3H3/b10-7-,11-8-,12-9-,16-13-,20-17-,21-19-,25-23-,27-26+,28-24-,30-29-,32-18-. The van der Waals surface area contributed by atoms with Gasteiger partial charge in [0.05, 0.1) is 0 Å². The zero-order valence-corrected chi connectivity index (χ0v) is 36.5. The molecule has 0 aliphatic carbocycles. The third-order valence-electron chi connectivity index (χ3n) is 8.54. The minimum atomic E-state index is -0.824. The quantitative estimate of drug-likeness (QED) is 0.0205. The topological polar surface area (TPSA) is 78.9 Å². The van der Waals surface area contributed by atoms with E-state index in [1.54, 1.807) is 0 Å². The maximum absolute atomic E-state index is 12.7. The highest BCUT2D eigenvalue weighted by Crippen LogP contribution is 2.11. The Morgan fingerprint density at radius 1 is 0.362 bits per heavy atom. The molecule has 0 aromatic heterocycles. The monoisotopic (exact) mass is 799 g/mol. The van der Waals surface area contributed by atoms with E-state index in [4.69, 9.17) is 14.2 Å². The molecule has 0 aliphatic rings. The van der Waals surface area contributed by atoms with Crippen LogP contribution in [0.15, 0.2) is 134 Å². The molecule has 1 atom stereocenters. The Balaban J connectivity index is 4.56. The molecular weight excluding hydrogens is 721 g/mol. The van der Waals surface area contributed by atoms with E-state index >= 15 is 0 Å². The van der Waals surface area contributed by atoms with Crippen molar-refractivity contribution in [1.29, 1.82) is 0 Å². The molecular formula is C52H78O6. The Hall–Kier alpha value is -4.45. The van der Waals surface area contributed by atoms with Gasteiger partial charge in [-0.25, -0.2) is 0 Å². The van der Waals surface area contributed by atoms with Crippen molar-refractivity contribution in [2.45, 2.75) is 162 Å². The lowest BCUT2D eigenvalue weighted by molar-refractivity contribution is -0.167. The molecule has 0 amide bonds. The number of hydrogen-bond donors (Lipinski definition) is 0. The lowest BCUT2D eigenvalue weighted by Crippen LogP contribution is -2.30. The van der Waals surface area contributed by atoms with Crippen LogP contribution < -0.4 is 0 Å². The lowest BCUT2D eigenvalue weighted by Gasteiger charge is -2.18. The van der Waals surface area contributed by atoms with E-state index in [1.807, 2.05) is 60.8 Å². The minimum Gasteiger partial charge on any atom is -0.462 e. The molecule has 1 unspecified atom stereocenters. The summed E-state index contributed by atoms with van der Waals surface area (Å²) in [4.78, 5) is 37.7. The van der Waals surface area contributed by atoms with Crippen LogP contribution in [-0.4, -0.2) is 37.2 Å². The molecule has 0 spiro atoms. The predicted octanol–water partition coefficient (Wildman–Crippen LogP) is 14.4. The average molecular weight is 799 g/mol. The van der Waals surface area contributed by atoms with E-state index in [2.05, 4.69) is 93.7 Å². The molecule has 0 bridgehead atoms. The highest BCUT2D eigenvalue weighted by atomic mass is 16.6. The van der Waals surface area contributed by atoms with Crippen LogP contribution in [0, 0.1) is 0 Å². The number of unbranched alkanes of at least 4 members (excludes halogenated alkanes) is 9. The first-order valence-corrected chi connectivity index (χ1v) is 22.3. The molecule has 6 nitrogen and oxygen atoms in total. The van der Waals surface area contributed by atoms with Gasteiger partial charge in [-0.3, -0.25) is 14.4 Å². The van der Waals surface area contributed by atoms with Crippen LogP contribution in [-0.2, 0) is 28.6 Å². The third kappa shape index (κ3) is 42.7. The van der Waals surface area contributed by atoms with E-state index in [0.29, 0.717) is 19.3 Å². The van der Waals surface area contributed by atoms with Gasteiger partial charge in [0.15, 0.2) is 6.10 Å². The zero-order valence-electron chi connectivity index (χ0n) is 36.5. The molecule has 0 saturated heterocycles. The normalized spacial score (nSPS) is 13.4. The molecule has 0 rings (SSSR count). The second kappa shape index (κ2) is 45.3. The first-order chi connectivity index (χ1) is 28.5. The van der Waals surface area contributed by atoms with Crippen molar-refractivity contribution < 1.29 is 28.6 Å². The first-order valence-electron chi connectivity index (χ1n) is 22.3. The molecule has 322 valence electrons. The number of ether oxygens (including phenoxy) is 3. The van der Waals surface area contributed by atoms with Gasteiger partial charge in [-0.15, -0.1) is 0 Å². The number of carbonyl (C=O) groups excluding carboxylic acids is 3. The van der Waals surface area contributed by atoms with Crippen LogP contribution in [0.5, 0.6) is 0 Å². The maximum atomic E-state index is 12.7. The Bertz CT molecular complexity index is 1330. The number of carbonyl (C=O) groups is 3. The van der Waals surface area contributed by atoms with Crippen molar-refractivity contribution in [2.75, 3.05) is 13.2 Å².